The first-order valence-electron chi connectivity index (χ1n) is 8.87. The molecule has 1 aliphatic heterocycles. The van der Waals surface area contributed by atoms with E-state index in [0.29, 0.717) is 22.9 Å². The molecule has 0 spiro atoms. The van der Waals surface area contributed by atoms with Gasteiger partial charge in [0.2, 0.25) is 5.91 Å². The fourth-order valence-electron chi connectivity index (χ4n) is 2.84. The summed E-state index contributed by atoms with van der Waals surface area (Å²) < 4.78 is 11.4. The van der Waals surface area contributed by atoms with Gasteiger partial charge in [-0.3, -0.25) is 9.59 Å². The standard InChI is InChI=1S/C22H18N2O4/c25-21(14-20-22(26)24-18-8-4-5-9-19(18)28-20)23-15-10-12-17(13-11-15)27-16-6-2-1-3-7-16/h1-13,20H,14H2,(H,23,25)(H,24,26)/t20-/m0/s1. The third kappa shape index (κ3) is 4.12. The molecule has 6 heteroatoms. The molecule has 0 bridgehead atoms. The largest absolute Gasteiger partial charge is 0.478 e. The van der Waals surface area contributed by atoms with Gasteiger partial charge >= 0.3 is 0 Å². The Morgan fingerprint density at radius 2 is 1.61 bits per heavy atom. The Hall–Kier alpha value is -3.80. The maximum Gasteiger partial charge on any atom is 0.266 e. The highest BCUT2D eigenvalue weighted by atomic mass is 16.5. The van der Waals surface area contributed by atoms with Gasteiger partial charge in [-0.05, 0) is 48.5 Å². The van der Waals surface area contributed by atoms with E-state index in [4.69, 9.17) is 9.47 Å². The Kier molecular flexibility index (Phi) is 4.93. The summed E-state index contributed by atoms with van der Waals surface area (Å²) in [7, 11) is 0. The fourth-order valence-corrected chi connectivity index (χ4v) is 2.84. The van der Waals surface area contributed by atoms with E-state index in [1.54, 1.807) is 42.5 Å². The van der Waals surface area contributed by atoms with Crippen molar-refractivity contribution in [2.24, 2.45) is 0 Å². The van der Waals surface area contributed by atoms with Crippen LogP contribution in [0.3, 0.4) is 0 Å². The number of fused-ring (bicyclic) bond motifs is 1. The third-order valence-electron chi connectivity index (χ3n) is 4.19. The van der Waals surface area contributed by atoms with E-state index in [0.717, 1.165) is 5.75 Å². The van der Waals surface area contributed by atoms with Gasteiger partial charge < -0.3 is 20.1 Å². The molecule has 1 heterocycles. The maximum atomic E-state index is 12.3. The van der Waals surface area contributed by atoms with E-state index < -0.39 is 6.10 Å². The highest BCUT2D eigenvalue weighted by Gasteiger charge is 2.29. The molecule has 0 aliphatic carbocycles. The molecule has 4 rings (SSSR count). The van der Waals surface area contributed by atoms with Gasteiger partial charge in [0.15, 0.2) is 6.10 Å². The first-order chi connectivity index (χ1) is 13.7. The van der Waals surface area contributed by atoms with Crippen LogP contribution < -0.4 is 20.1 Å². The van der Waals surface area contributed by atoms with E-state index in [1.165, 1.54) is 0 Å². The summed E-state index contributed by atoms with van der Waals surface area (Å²) in [5.74, 6) is 1.31. The number of anilines is 2. The predicted octanol–water partition coefficient (Wildman–Crippen LogP) is 4.21. The van der Waals surface area contributed by atoms with E-state index in [-0.39, 0.29) is 18.2 Å². The van der Waals surface area contributed by atoms with E-state index in [9.17, 15) is 9.59 Å². The number of rotatable bonds is 5. The van der Waals surface area contributed by atoms with Gasteiger partial charge in [0.1, 0.15) is 17.2 Å². The van der Waals surface area contributed by atoms with Gasteiger partial charge in [0, 0.05) is 5.69 Å². The topological polar surface area (TPSA) is 76.7 Å². The molecule has 0 fully saturated rings. The fraction of sp³-hybridized carbons (Fsp3) is 0.0909. The van der Waals surface area contributed by atoms with Crippen molar-refractivity contribution < 1.29 is 19.1 Å². The molecule has 3 aromatic rings. The summed E-state index contributed by atoms with van der Waals surface area (Å²) in [5.41, 5.74) is 1.22. The molecule has 0 saturated heterocycles. The number of carbonyl (C=O) groups is 2. The van der Waals surface area contributed by atoms with Crippen LogP contribution in [0.5, 0.6) is 17.2 Å². The Balaban J connectivity index is 1.34. The molecule has 1 atom stereocenters. The Morgan fingerprint density at radius 1 is 0.929 bits per heavy atom. The highest BCUT2D eigenvalue weighted by molar-refractivity contribution is 6.01. The number of benzene rings is 3. The molecule has 140 valence electrons. The van der Waals surface area contributed by atoms with Crippen molar-refractivity contribution in [2.75, 3.05) is 10.6 Å². The molecular weight excluding hydrogens is 356 g/mol. The number of amides is 2. The molecule has 0 radical (unpaired) electrons. The smallest absolute Gasteiger partial charge is 0.266 e. The van der Waals surface area contributed by atoms with Crippen LogP contribution in [-0.2, 0) is 9.59 Å². The summed E-state index contributed by atoms with van der Waals surface area (Å²) in [6.45, 7) is 0. The summed E-state index contributed by atoms with van der Waals surface area (Å²) in [6.07, 6.45) is -0.946. The van der Waals surface area contributed by atoms with Crippen molar-refractivity contribution >= 4 is 23.2 Å². The number of para-hydroxylation sites is 3. The van der Waals surface area contributed by atoms with Crippen LogP contribution in [0.2, 0.25) is 0 Å². The van der Waals surface area contributed by atoms with Gasteiger partial charge in [-0.1, -0.05) is 30.3 Å². The average Bonchev–Trinajstić information content (AvgIpc) is 2.71. The monoisotopic (exact) mass is 374 g/mol. The van der Waals surface area contributed by atoms with Gasteiger partial charge in [-0.25, -0.2) is 0 Å². The first-order valence-corrected chi connectivity index (χ1v) is 8.87. The third-order valence-corrected chi connectivity index (χ3v) is 4.19. The Labute approximate surface area is 162 Å². The lowest BCUT2D eigenvalue weighted by atomic mass is 10.1. The summed E-state index contributed by atoms with van der Waals surface area (Å²) in [5, 5.41) is 5.52. The van der Waals surface area contributed by atoms with E-state index >= 15 is 0 Å². The second-order valence-corrected chi connectivity index (χ2v) is 6.28. The maximum absolute atomic E-state index is 12.3. The first kappa shape index (κ1) is 17.6. The van der Waals surface area contributed by atoms with E-state index in [1.807, 2.05) is 36.4 Å². The van der Waals surface area contributed by atoms with Crippen molar-refractivity contribution in [3.05, 3.63) is 78.9 Å². The lowest BCUT2D eigenvalue weighted by Gasteiger charge is -2.25. The zero-order valence-electron chi connectivity index (χ0n) is 14.9. The van der Waals surface area contributed by atoms with Gasteiger partial charge in [0.25, 0.3) is 5.91 Å². The Bertz CT molecular complexity index is 987. The van der Waals surface area contributed by atoms with Crippen LogP contribution in [0.4, 0.5) is 11.4 Å². The van der Waals surface area contributed by atoms with Crippen molar-refractivity contribution in [1.82, 2.24) is 0 Å². The highest BCUT2D eigenvalue weighted by Crippen LogP contribution is 2.29. The summed E-state index contributed by atoms with van der Waals surface area (Å²) in [6, 6.07) is 23.6. The average molecular weight is 374 g/mol. The van der Waals surface area contributed by atoms with Crippen molar-refractivity contribution in [2.45, 2.75) is 12.5 Å². The number of nitrogens with one attached hydrogen (secondary N) is 2. The SMILES string of the molecule is O=C(C[C@@H]1Oc2ccccc2NC1=O)Nc1ccc(Oc2ccccc2)cc1. The van der Waals surface area contributed by atoms with Gasteiger partial charge in [-0.2, -0.15) is 0 Å². The number of carbonyl (C=O) groups excluding carboxylic acids is 2. The molecule has 0 aromatic heterocycles. The van der Waals surface area contributed by atoms with Crippen LogP contribution in [0, 0.1) is 0 Å². The molecule has 6 nitrogen and oxygen atoms in total. The van der Waals surface area contributed by atoms with Crippen LogP contribution in [0.1, 0.15) is 6.42 Å². The predicted molar refractivity (Wildman–Crippen MR) is 106 cm³/mol. The minimum atomic E-state index is -0.865. The lowest BCUT2D eigenvalue weighted by Crippen LogP contribution is -2.39. The molecule has 1 aliphatic rings. The molecule has 3 aromatic carbocycles. The van der Waals surface area contributed by atoms with Gasteiger partial charge in [0.05, 0.1) is 12.1 Å². The molecule has 0 unspecified atom stereocenters. The van der Waals surface area contributed by atoms with Gasteiger partial charge in [-0.15, -0.1) is 0 Å². The summed E-state index contributed by atoms with van der Waals surface area (Å²) >= 11 is 0. The van der Waals surface area contributed by atoms with Crippen molar-refractivity contribution in [1.29, 1.82) is 0 Å². The molecule has 0 saturated carbocycles. The second-order valence-electron chi connectivity index (χ2n) is 6.28. The minimum absolute atomic E-state index is 0.0809. The van der Waals surface area contributed by atoms with Crippen LogP contribution in [0.15, 0.2) is 78.9 Å². The quantitative estimate of drug-likeness (QED) is 0.701. The van der Waals surface area contributed by atoms with Crippen LogP contribution >= 0.6 is 0 Å². The molecule has 28 heavy (non-hydrogen) atoms. The number of hydrogen-bond acceptors (Lipinski definition) is 4. The van der Waals surface area contributed by atoms with Crippen LogP contribution in [0.25, 0.3) is 0 Å². The normalized spacial score (nSPS) is 15.0. The zero-order valence-corrected chi connectivity index (χ0v) is 14.9. The second kappa shape index (κ2) is 7.84. The molecule has 2 N–H and O–H groups in total. The van der Waals surface area contributed by atoms with Crippen LogP contribution in [-0.4, -0.2) is 17.9 Å². The molecule has 2 amide bonds. The molecular formula is C22H18N2O4. The number of hydrogen-bond donors (Lipinski definition) is 2. The van der Waals surface area contributed by atoms with Crippen molar-refractivity contribution in [3.8, 4) is 17.2 Å². The summed E-state index contributed by atoms with van der Waals surface area (Å²) in [4.78, 5) is 24.4. The number of ether oxygens (including phenoxy) is 2. The lowest BCUT2D eigenvalue weighted by molar-refractivity contribution is -0.128. The van der Waals surface area contributed by atoms with E-state index in [2.05, 4.69) is 10.6 Å². The zero-order chi connectivity index (χ0) is 19.3. The minimum Gasteiger partial charge on any atom is -0.478 e. The van der Waals surface area contributed by atoms with Crippen molar-refractivity contribution in [3.63, 3.8) is 0 Å². The Morgan fingerprint density at radius 3 is 2.39 bits per heavy atom.